The molecule has 5 nitrogen and oxygen atoms in total. The second-order valence-corrected chi connectivity index (χ2v) is 7.17. The van der Waals surface area contributed by atoms with Gasteiger partial charge in [-0.2, -0.15) is 0 Å². The van der Waals surface area contributed by atoms with Crippen LogP contribution in [-0.4, -0.2) is 14.3 Å². The minimum Gasteiger partial charge on any atom is -0.321 e. The number of rotatable bonds is 2. The number of nitrogens with one attached hydrogen (secondary N) is 1. The number of primary sulfonamides is 1. The summed E-state index contributed by atoms with van der Waals surface area (Å²) in [7, 11) is -3.82. The largest absolute Gasteiger partial charge is 0.321 e. The molecule has 1 aliphatic heterocycles. The van der Waals surface area contributed by atoms with Crippen LogP contribution in [0.1, 0.15) is 22.3 Å². The third-order valence-corrected chi connectivity index (χ3v) is 4.86. The summed E-state index contributed by atoms with van der Waals surface area (Å²) in [4.78, 5) is 12.2. The van der Waals surface area contributed by atoms with Gasteiger partial charge in [-0.25, -0.2) is 13.6 Å². The lowest BCUT2D eigenvalue weighted by Gasteiger charge is -2.04. The molecule has 0 spiro atoms. The predicted molar refractivity (Wildman–Crippen MR) is 90.2 cm³/mol. The number of hydrogen-bond donors (Lipinski definition) is 2. The monoisotopic (exact) mass is 328 g/mol. The van der Waals surface area contributed by atoms with E-state index >= 15 is 0 Å². The van der Waals surface area contributed by atoms with Crippen LogP contribution in [0.2, 0.25) is 0 Å². The van der Waals surface area contributed by atoms with Crippen molar-refractivity contribution >= 4 is 33.3 Å². The van der Waals surface area contributed by atoms with Crippen LogP contribution in [0.5, 0.6) is 0 Å². The highest BCUT2D eigenvalue weighted by Crippen LogP contribution is 2.34. The summed E-state index contributed by atoms with van der Waals surface area (Å²) in [5, 5.41) is 7.90. The molecule has 1 amide bonds. The van der Waals surface area contributed by atoms with E-state index < -0.39 is 10.0 Å². The van der Waals surface area contributed by atoms with E-state index in [-0.39, 0.29) is 10.8 Å². The van der Waals surface area contributed by atoms with E-state index in [1.807, 2.05) is 32.0 Å². The molecule has 0 fully saturated rings. The van der Waals surface area contributed by atoms with E-state index in [1.165, 1.54) is 17.7 Å². The average molecular weight is 328 g/mol. The SMILES string of the molecule is Cc1ccc(/C=C2/C(=O)Nc3ccc(S(N)(=O)=O)cc32)cc1C. The molecular formula is C17H16N2O3S. The maximum Gasteiger partial charge on any atom is 0.256 e. The van der Waals surface area contributed by atoms with Gasteiger partial charge in [-0.3, -0.25) is 4.79 Å². The van der Waals surface area contributed by atoms with Gasteiger partial charge >= 0.3 is 0 Å². The molecule has 0 unspecified atom stereocenters. The van der Waals surface area contributed by atoms with Gasteiger partial charge in [0.05, 0.1) is 4.90 Å². The zero-order chi connectivity index (χ0) is 16.8. The maximum atomic E-state index is 12.2. The van der Waals surface area contributed by atoms with Gasteiger partial charge in [0, 0.05) is 16.8 Å². The van der Waals surface area contributed by atoms with Gasteiger partial charge in [-0.05, 0) is 54.8 Å². The van der Waals surface area contributed by atoms with E-state index in [1.54, 1.807) is 12.1 Å². The fraction of sp³-hybridized carbons (Fsp3) is 0.118. The molecule has 0 saturated heterocycles. The molecule has 2 aromatic carbocycles. The quantitative estimate of drug-likeness (QED) is 0.830. The minimum absolute atomic E-state index is 0.0151. The molecule has 3 N–H and O–H groups in total. The second kappa shape index (κ2) is 5.33. The average Bonchev–Trinajstić information content (AvgIpc) is 2.77. The molecule has 0 aliphatic carbocycles. The van der Waals surface area contributed by atoms with Crippen molar-refractivity contribution in [1.82, 2.24) is 0 Å². The van der Waals surface area contributed by atoms with Gasteiger partial charge in [0.1, 0.15) is 0 Å². The highest BCUT2D eigenvalue weighted by Gasteiger charge is 2.25. The number of nitrogens with two attached hydrogens (primary N) is 1. The Morgan fingerprint density at radius 1 is 1.04 bits per heavy atom. The van der Waals surface area contributed by atoms with Crippen LogP contribution in [0.25, 0.3) is 11.6 Å². The zero-order valence-corrected chi connectivity index (χ0v) is 13.6. The van der Waals surface area contributed by atoms with Crippen molar-refractivity contribution in [2.45, 2.75) is 18.7 Å². The topological polar surface area (TPSA) is 89.3 Å². The van der Waals surface area contributed by atoms with Crippen LogP contribution in [0.15, 0.2) is 41.3 Å². The number of carbonyl (C=O) groups is 1. The van der Waals surface area contributed by atoms with Crippen molar-refractivity contribution in [2.75, 3.05) is 5.32 Å². The molecule has 0 bridgehead atoms. The molecular weight excluding hydrogens is 312 g/mol. The van der Waals surface area contributed by atoms with Crippen molar-refractivity contribution in [3.8, 4) is 0 Å². The van der Waals surface area contributed by atoms with Crippen LogP contribution in [0.4, 0.5) is 5.69 Å². The molecule has 6 heteroatoms. The molecule has 0 aromatic heterocycles. The fourth-order valence-corrected chi connectivity index (χ4v) is 3.05. The Morgan fingerprint density at radius 3 is 2.43 bits per heavy atom. The molecule has 1 heterocycles. The second-order valence-electron chi connectivity index (χ2n) is 5.61. The number of fused-ring (bicyclic) bond motifs is 1. The van der Waals surface area contributed by atoms with Crippen LogP contribution in [0, 0.1) is 13.8 Å². The fourth-order valence-electron chi connectivity index (χ4n) is 2.51. The Labute approximate surface area is 134 Å². The molecule has 2 aromatic rings. The first-order valence-corrected chi connectivity index (χ1v) is 8.58. The first-order chi connectivity index (χ1) is 10.8. The molecule has 3 rings (SSSR count). The van der Waals surface area contributed by atoms with Crippen molar-refractivity contribution in [3.63, 3.8) is 0 Å². The maximum absolute atomic E-state index is 12.2. The normalized spacial score (nSPS) is 15.6. The van der Waals surface area contributed by atoms with E-state index in [0.29, 0.717) is 16.8 Å². The third-order valence-electron chi connectivity index (χ3n) is 3.94. The van der Waals surface area contributed by atoms with Gasteiger partial charge in [0.25, 0.3) is 5.91 Å². The van der Waals surface area contributed by atoms with Gasteiger partial charge < -0.3 is 5.32 Å². The first kappa shape index (κ1) is 15.5. The number of aryl methyl sites for hydroxylation is 2. The first-order valence-electron chi connectivity index (χ1n) is 7.03. The lowest BCUT2D eigenvalue weighted by atomic mass is 10.0. The van der Waals surface area contributed by atoms with Crippen molar-refractivity contribution in [1.29, 1.82) is 0 Å². The number of sulfonamides is 1. The molecule has 23 heavy (non-hydrogen) atoms. The summed E-state index contributed by atoms with van der Waals surface area (Å²) in [6, 6.07) is 10.2. The molecule has 0 saturated carbocycles. The van der Waals surface area contributed by atoms with E-state index in [0.717, 1.165) is 11.1 Å². The highest BCUT2D eigenvalue weighted by molar-refractivity contribution is 7.89. The molecule has 1 aliphatic rings. The Bertz CT molecular complexity index is 960. The highest BCUT2D eigenvalue weighted by atomic mass is 32.2. The Kier molecular flexibility index (Phi) is 3.58. The van der Waals surface area contributed by atoms with Gasteiger partial charge in [0.2, 0.25) is 10.0 Å². The van der Waals surface area contributed by atoms with Crippen LogP contribution in [0.3, 0.4) is 0 Å². The lowest BCUT2D eigenvalue weighted by molar-refractivity contribution is -0.110. The van der Waals surface area contributed by atoms with Gasteiger partial charge in [-0.1, -0.05) is 18.2 Å². The standard InChI is InChI=1S/C17H16N2O3S/c1-10-3-4-12(7-11(10)2)8-15-14-9-13(23(18,21)22)5-6-16(14)19-17(15)20/h3-9H,1-2H3,(H,19,20)(H2,18,21,22)/b15-8+. The van der Waals surface area contributed by atoms with Gasteiger partial charge in [-0.15, -0.1) is 0 Å². The lowest BCUT2D eigenvalue weighted by Crippen LogP contribution is -2.12. The van der Waals surface area contributed by atoms with Crippen LogP contribution in [-0.2, 0) is 14.8 Å². The number of hydrogen-bond acceptors (Lipinski definition) is 3. The van der Waals surface area contributed by atoms with E-state index in [2.05, 4.69) is 5.32 Å². The minimum atomic E-state index is -3.82. The van der Waals surface area contributed by atoms with Crippen molar-refractivity contribution < 1.29 is 13.2 Å². The van der Waals surface area contributed by atoms with Gasteiger partial charge in [0.15, 0.2) is 0 Å². The van der Waals surface area contributed by atoms with Crippen LogP contribution < -0.4 is 10.5 Å². The summed E-state index contributed by atoms with van der Waals surface area (Å²) in [5.74, 6) is -0.259. The summed E-state index contributed by atoms with van der Waals surface area (Å²) in [6.45, 7) is 4.02. The number of anilines is 1. The molecule has 118 valence electrons. The zero-order valence-electron chi connectivity index (χ0n) is 12.8. The molecule has 0 atom stereocenters. The number of carbonyl (C=O) groups excluding carboxylic acids is 1. The Hall–Kier alpha value is -2.44. The number of benzene rings is 2. The Morgan fingerprint density at radius 2 is 1.78 bits per heavy atom. The summed E-state index contributed by atoms with van der Waals surface area (Å²) < 4.78 is 23.0. The smallest absolute Gasteiger partial charge is 0.256 e. The Balaban J connectivity index is 2.13. The van der Waals surface area contributed by atoms with E-state index in [4.69, 9.17) is 5.14 Å². The van der Waals surface area contributed by atoms with Crippen molar-refractivity contribution in [3.05, 3.63) is 58.7 Å². The van der Waals surface area contributed by atoms with Crippen molar-refractivity contribution in [2.24, 2.45) is 5.14 Å². The summed E-state index contributed by atoms with van der Waals surface area (Å²) in [6.07, 6.45) is 1.75. The third kappa shape index (κ3) is 2.91. The van der Waals surface area contributed by atoms with Crippen LogP contribution >= 0.6 is 0 Å². The van der Waals surface area contributed by atoms with E-state index in [9.17, 15) is 13.2 Å². The summed E-state index contributed by atoms with van der Waals surface area (Å²) in [5.41, 5.74) is 4.72. The predicted octanol–water partition coefficient (Wildman–Crippen LogP) is 2.44. The molecule has 0 radical (unpaired) electrons. The summed E-state index contributed by atoms with van der Waals surface area (Å²) >= 11 is 0. The number of amides is 1.